The molecule has 0 saturated carbocycles. The van der Waals surface area contributed by atoms with Crippen molar-refractivity contribution in [1.82, 2.24) is 0 Å². The number of fused-ring (bicyclic) bond motifs is 1. The molecule has 1 aliphatic heterocycles. The van der Waals surface area contributed by atoms with Crippen LogP contribution in [0.2, 0.25) is 0 Å². The third-order valence-corrected chi connectivity index (χ3v) is 3.69. The molecule has 1 unspecified atom stereocenters. The third kappa shape index (κ3) is 2.63. The quantitative estimate of drug-likeness (QED) is 0.816. The Labute approximate surface area is 114 Å². The first-order valence-electron chi connectivity index (χ1n) is 6.85. The summed E-state index contributed by atoms with van der Waals surface area (Å²) >= 11 is 0. The van der Waals surface area contributed by atoms with Crippen LogP contribution >= 0.6 is 0 Å². The summed E-state index contributed by atoms with van der Waals surface area (Å²) in [6.07, 6.45) is 1.98. The van der Waals surface area contributed by atoms with Crippen LogP contribution in [0.5, 0.6) is 0 Å². The average molecular weight is 256 g/mol. The van der Waals surface area contributed by atoms with Crippen LogP contribution in [0.1, 0.15) is 31.4 Å². The Bertz CT molecular complexity index is 528. The van der Waals surface area contributed by atoms with Crippen LogP contribution in [0.3, 0.4) is 0 Å². The summed E-state index contributed by atoms with van der Waals surface area (Å²) in [5.74, 6) is -0.553. The van der Waals surface area contributed by atoms with Crippen LogP contribution in [0.15, 0.2) is 18.2 Å². The van der Waals surface area contributed by atoms with Gasteiger partial charge in [0.25, 0.3) is 0 Å². The molecule has 1 aromatic carbocycles. The molecule has 0 bridgehead atoms. The van der Waals surface area contributed by atoms with Gasteiger partial charge < -0.3 is 4.90 Å². The van der Waals surface area contributed by atoms with Crippen molar-refractivity contribution in [2.24, 2.45) is 11.8 Å². The summed E-state index contributed by atoms with van der Waals surface area (Å²) in [6, 6.07) is 8.33. The van der Waals surface area contributed by atoms with E-state index >= 15 is 0 Å². The molecule has 1 amide bonds. The molecule has 3 heteroatoms. The van der Waals surface area contributed by atoms with E-state index in [1.54, 1.807) is 4.90 Å². The van der Waals surface area contributed by atoms with E-state index in [4.69, 9.17) is 0 Å². The highest BCUT2D eigenvalue weighted by atomic mass is 16.2. The highest BCUT2D eigenvalue weighted by Gasteiger charge is 2.30. The Morgan fingerprint density at radius 3 is 2.79 bits per heavy atom. The van der Waals surface area contributed by atoms with E-state index in [2.05, 4.69) is 19.1 Å². The summed E-state index contributed by atoms with van der Waals surface area (Å²) in [5.41, 5.74) is 3.43. The molecule has 1 aliphatic rings. The summed E-state index contributed by atoms with van der Waals surface area (Å²) in [6.45, 7) is 6.63. The van der Waals surface area contributed by atoms with Gasteiger partial charge in [0, 0.05) is 12.2 Å². The van der Waals surface area contributed by atoms with Crippen LogP contribution in [0, 0.1) is 30.1 Å². The number of rotatable bonds is 2. The first kappa shape index (κ1) is 13.6. The van der Waals surface area contributed by atoms with Gasteiger partial charge in [-0.3, -0.25) is 4.79 Å². The molecule has 0 fully saturated rings. The summed E-state index contributed by atoms with van der Waals surface area (Å²) in [4.78, 5) is 14.3. The van der Waals surface area contributed by atoms with Crippen molar-refractivity contribution in [3.05, 3.63) is 29.3 Å². The van der Waals surface area contributed by atoms with E-state index in [1.807, 2.05) is 26.0 Å². The minimum Gasteiger partial charge on any atom is -0.311 e. The molecule has 1 aromatic rings. The number of anilines is 1. The Morgan fingerprint density at radius 2 is 2.16 bits per heavy atom. The van der Waals surface area contributed by atoms with Gasteiger partial charge >= 0.3 is 0 Å². The van der Waals surface area contributed by atoms with Crippen molar-refractivity contribution in [1.29, 1.82) is 5.26 Å². The lowest BCUT2D eigenvalue weighted by Gasteiger charge is -2.31. The topological polar surface area (TPSA) is 44.1 Å². The summed E-state index contributed by atoms with van der Waals surface area (Å²) < 4.78 is 0. The second-order valence-electron chi connectivity index (χ2n) is 5.58. The largest absolute Gasteiger partial charge is 0.311 e. The van der Waals surface area contributed by atoms with Crippen molar-refractivity contribution < 1.29 is 4.79 Å². The molecule has 0 radical (unpaired) electrons. The van der Waals surface area contributed by atoms with Gasteiger partial charge in [0.1, 0.15) is 5.92 Å². The number of aryl methyl sites for hydroxylation is 2. The average Bonchev–Trinajstić information content (AvgIpc) is 2.37. The lowest BCUT2D eigenvalue weighted by molar-refractivity contribution is -0.121. The van der Waals surface area contributed by atoms with E-state index in [-0.39, 0.29) is 11.8 Å². The van der Waals surface area contributed by atoms with Gasteiger partial charge in [0.05, 0.1) is 6.07 Å². The van der Waals surface area contributed by atoms with Crippen molar-refractivity contribution >= 4 is 11.6 Å². The number of hydrogen-bond donors (Lipinski definition) is 0. The predicted octanol–water partition coefficient (Wildman–Crippen LogP) is 3.07. The first-order chi connectivity index (χ1) is 9.04. The van der Waals surface area contributed by atoms with Gasteiger partial charge in [-0.2, -0.15) is 5.26 Å². The van der Waals surface area contributed by atoms with E-state index in [0.29, 0.717) is 0 Å². The van der Waals surface area contributed by atoms with Crippen molar-refractivity contribution in [3.8, 4) is 6.07 Å². The molecule has 3 nitrogen and oxygen atoms in total. The molecular weight excluding hydrogens is 236 g/mol. The number of nitrogens with zero attached hydrogens (tertiary/aromatic N) is 2. The van der Waals surface area contributed by atoms with Crippen LogP contribution in [-0.4, -0.2) is 12.5 Å². The van der Waals surface area contributed by atoms with Gasteiger partial charge in [-0.1, -0.05) is 31.5 Å². The minimum absolute atomic E-state index is 0.0494. The van der Waals surface area contributed by atoms with Crippen LogP contribution < -0.4 is 4.90 Å². The monoisotopic (exact) mass is 256 g/mol. The van der Waals surface area contributed by atoms with E-state index in [0.717, 1.165) is 25.1 Å². The highest BCUT2D eigenvalue weighted by Crippen LogP contribution is 2.30. The van der Waals surface area contributed by atoms with Gasteiger partial charge in [-0.05, 0) is 37.3 Å². The van der Waals surface area contributed by atoms with Crippen molar-refractivity contribution in [3.63, 3.8) is 0 Å². The minimum atomic E-state index is -0.549. The van der Waals surface area contributed by atoms with E-state index < -0.39 is 5.92 Å². The maximum atomic E-state index is 12.5. The fourth-order valence-electron chi connectivity index (χ4n) is 2.61. The number of nitriles is 1. The molecule has 0 spiro atoms. The first-order valence-corrected chi connectivity index (χ1v) is 6.85. The highest BCUT2D eigenvalue weighted by molar-refractivity contribution is 5.97. The second kappa shape index (κ2) is 5.44. The van der Waals surface area contributed by atoms with Crippen molar-refractivity contribution in [2.45, 2.75) is 33.6 Å². The number of hydrogen-bond acceptors (Lipinski definition) is 2. The Morgan fingerprint density at radius 1 is 1.42 bits per heavy atom. The van der Waals surface area contributed by atoms with E-state index in [9.17, 15) is 10.1 Å². The molecule has 2 rings (SSSR count). The molecular formula is C16H20N2O. The van der Waals surface area contributed by atoms with E-state index in [1.165, 1.54) is 11.1 Å². The van der Waals surface area contributed by atoms with Crippen LogP contribution in [0.25, 0.3) is 0 Å². The molecule has 1 atom stereocenters. The Hall–Kier alpha value is -1.82. The maximum Gasteiger partial charge on any atom is 0.244 e. The summed E-state index contributed by atoms with van der Waals surface area (Å²) in [5, 5.41) is 9.19. The zero-order valence-electron chi connectivity index (χ0n) is 11.8. The predicted molar refractivity (Wildman–Crippen MR) is 75.8 cm³/mol. The third-order valence-electron chi connectivity index (χ3n) is 3.69. The molecule has 19 heavy (non-hydrogen) atoms. The fraction of sp³-hybridized carbons (Fsp3) is 0.500. The SMILES string of the molecule is Cc1ccc2c(c1)CCCN2C(=O)C(C#N)C(C)C. The maximum absolute atomic E-state index is 12.5. The fourth-order valence-corrected chi connectivity index (χ4v) is 2.61. The number of amides is 1. The molecule has 0 aliphatic carbocycles. The lowest BCUT2D eigenvalue weighted by atomic mass is 9.93. The van der Waals surface area contributed by atoms with Gasteiger partial charge in [0.15, 0.2) is 0 Å². The van der Waals surface area contributed by atoms with Gasteiger partial charge in [-0.15, -0.1) is 0 Å². The zero-order chi connectivity index (χ0) is 14.0. The van der Waals surface area contributed by atoms with Gasteiger partial charge in [0.2, 0.25) is 5.91 Å². The molecule has 1 heterocycles. The normalized spacial score (nSPS) is 15.8. The van der Waals surface area contributed by atoms with Crippen LogP contribution in [-0.2, 0) is 11.2 Å². The van der Waals surface area contributed by atoms with Crippen LogP contribution in [0.4, 0.5) is 5.69 Å². The smallest absolute Gasteiger partial charge is 0.244 e. The summed E-state index contributed by atoms with van der Waals surface area (Å²) in [7, 11) is 0. The van der Waals surface area contributed by atoms with Crippen molar-refractivity contribution in [2.75, 3.05) is 11.4 Å². The zero-order valence-corrected chi connectivity index (χ0v) is 11.8. The molecule has 0 aromatic heterocycles. The molecule has 0 saturated heterocycles. The second-order valence-corrected chi connectivity index (χ2v) is 5.58. The Kier molecular flexibility index (Phi) is 3.90. The molecule has 0 N–H and O–H groups in total. The van der Waals surface area contributed by atoms with Gasteiger partial charge in [-0.25, -0.2) is 0 Å². The standard InChI is InChI=1S/C16H20N2O/c1-11(2)14(10-17)16(19)18-8-4-5-13-9-12(3)6-7-15(13)18/h6-7,9,11,14H,4-5,8H2,1-3H3. The number of benzene rings is 1. The lowest BCUT2D eigenvalue weighted by Crippen LogP contribution is -2.40. The molecule has 100 valence electrons. The number of carbonyl (C=O) groups excluding carboxylic acids is 1. The number of carbonyl (C=O) groups is 1. The Balaban J connectivity index is 2.34.